The van der Waals surface area contributed by atoms with E-state index in [-0.39, 0.29) is 17.6 Å². The second kappa shape index (κ2) is 12.9. The molecule has 0 heterocycles. The molecule has 0 aromatic heterocycles. The van der Waals surface area contributed by atoms with Crippen LogP contribution in [0.25, 0.3) is 0 Å². The highest BCUT2D eigenvalue weighted by molar-refractivity contribution is 8.00. The van der Waals surface area contributed by atoms with Gasteiger partial charge in [0.15, 0.2) is 0 Å². The first-order valence-corrected chi connectivity index (χ1v) is 12.4. The second-order valence-electron chi connectivity index (χ2n) is 8.11. The van der Waals surface area contributed by atoms with Gasteiger partial charge in [-0.25, -0.2) is 0 Å². The second-order valence-corrected chi connectivity index (χ2v) is 9.15. The lowest BCUT2D eigenvalue weighted by Crippen LogP contribution is -2.51. The summed E-state index contributed by atoms with van der Waals surface area (Å²) < 4.78 is 0. The molecule has 2 amide bonds. The lowest BCUT2D eigenvalue weighted by molar-refractivity contribution is -0.139. The van der Waals surface area contributed by atoms with Gasteiger partial charge in [0.25, 0.3) is 0 Å². The van der Waals surface area contributed by atoms with E-state index < -0.39 is 6.04 Å². The molecule has 3 aromatic rings. The van der Waals surface area contributed by atoms with E-state index in [1.54, 1.807) is 4.90 Å². The van der Waals surface area contributed by atoms with Crippen LogP contribution in [0.15, 0.2) is 89.8 Å². The summed E-state index contributed by atoms with van der Waals surface area (Å²) in [5, 5.41) is 3.01. The van der Waals surface area contributed by atoms with Gasteiger partial charge in [0.2, 0.25) is 11.8 Å². The first-order chi connectivity index (χ1) is 16.1. The molecule has 0 radical (unpaired) electrons. The van der Waals surface area contributed by atoms with Crippen LogP contribution >= 0.6 is 11.8 Å². The lowest BCUT2D eigenvalue weighted by atomic mass is 10.0. The maximum absolute atomic E-state index is 13.5. The maximum Gasteiger partial charge on any atom is 0.243 e. The third-order valence-electron chi connectivity index (χ3n) is 5.40. The molecule has 5 heteroatoms. The van der Waals surface area contributed by atoms with E-state index in [2.05, 4.69) is 5.32 Å². The molecule has 0 aliphatic carbocycles. The largest absolute Gasteiger partial charge is 0.354 e. The molecule has 0 bridgehead atoms. The number of nitrogens with one attached hydrogen (secondary N) is 1. The third kappa shape index (κ3) is 7.79. The molecule has 1 unspecified atom stereocenters. The highest BCUT2D eigenvalue weighted by atomic mass is 32.2. The number of carbonyl (C=O) groups is 2. The summed E-state index contributed by atoms with van der Waals surface area (Å²) in [6.07, 6.45) is 1.32. The van der Waals surface area contributed by atoms with Crippen LogP contribution in [-0.2, 0) is 22.6 Å². The van der Waals surface area contributed by atoms with Crippen LogP contribution < -0.4 is 5.32 Å². The summed E-state index contributed by atoms with van der Waals surface area (Å²) >= 11 is 1.51. The third-order valence-corrected chi connectivity index (χ3v) is 6.40. The summed E-state index contributed by atoms with van der Waals surface area (Å²) in [6, 6.07) is 27.4. The van der Waals surface area contributed by atoms with Crippen LogP contribution in [0.4, 0.5) is 0 Å². The van der Waals surface area contributed by atoms with Crippen LogP contribution in [0.5, 0.6) is 0 Å². The van der Waals surface area contributed by atoms with E-state index in [9.17, 15) is 9.59 Å². The van der Waals surface area contributed by atoms with Crippen molar-refractivity contribution in [1.29, 1.82) is 0 Å². The zero-order valence-electron chi connectivity index (χ0n) is 19.4. The van der Waals surface area contributed by atoms with Gasteiger partial charge < -0.3 is 10.2 Å². The van der Waals surface area contributed by atoms with Gasteiger partial charge in [-0.05, 0) is 36.6 Å². The number of amides is 2. The van der Waals surface area contributed by atoms with Crippen LogP contribution in [0, 0.1) is 6.92 Å². The number of nitrogens with zero attached hydrogens (tertiary/aromatic N) is 1. The van der Waals surface area contributed by atoms with Gasteiger partial charge in [0, 0.05) is 24.4 Å². The quantitative estimate of drug-likeness (QED) is 0.398. The SMILES string of the molecule is CCCNC(=O)C(Cc1ccccc1)N(Cc1ccccc1)C(=O)CSc1ccc(C)cc1. The molecule has 0 spiro atoms. The number of hydrogen-bond donors (Lipinski definition) is 1. The topological polar surface area (TPSA) is 49.4 Å². The molecular weight excluding hydrogens is 428 g/mol. The van der Waals surface area contributed by atoms with Crippen LogP contribution in [0.1, 0.15) is 30.0 Å². The maximum atomic E-state index is 13.5. The summed E-state index contributed by atoms with van der Waals surface area (Å²) in [5.74, 6) is 0.129. The van der Waals surface area contributed by atoms with Crippen molar-refractivity contribution in [2.75, 3.05) is 12.3 Å². The molecule has 0 aliphatic heterocycles. The fourth-order valence-electron chi connectivity index (χ4n) is 3.56. The van der Waals surface area contributed by atoms with Crippen molar-refractivity contribution in [1.82, 2.24) is 10.2 Å². The number of hydrogen-bond acceptors (Lipinski definition) is 3. The summed E-state index contributed by atoms with van der Waals surface area (Å²) in [4.78, 5) is 29.6. The van der Waals surface area contributed by atoms with Crippen molar-refractivity contribution in [2.24, 2.45) is 0 Å². The Balaban J connectivity index is 1.85. The number of carbonyl (C=O) groups excluding carboxylic acids is 2. The normalized spacial score (nSPS) is 11.6. The van der Waals surface area contributed by atoms with Gasteiger partial charge >= 0.3 is 0 Å². The van der Waals surface area contributed by atoms with Gasteiger partial charge in [0.1, 0.15) is 6.04 Å². The molecular formula is C28H32N2O2S. The average Bonchev–Trinajstić information content (AvgIpc) is 2.85. The molecule has 172 valence electrons. The van der Waals surface area contributed by atoms with E-state index in [4.69, 9.17) is 0 Å². The Kier molecular flexibility index (Phi) is 9.58. The van der Waals surface area contributed by atoms with E-state index in [1.165, 1.54) is 17.3 Å². The zero-order chi connectivity index (χ0) is 23.5. The highest BCUT2D eigenvalue weighted by Crippen LogP contribution is 2.21. The Labute approximate surface area is 201 Å². The molecule has 0 aliphatic rings. The van der Waals surface area contributed by atoms with Crippen molar-refractivity contribution in [3.8, 4) is 0 Å². The Morgan fingerprint density at radius 3 is 2.09 bits per heavy atom. The van der Waals surface area contributed by atoms with E-state index in [0.717, 1.165) is 22.4 Å². The van der Waals surface area contributed by atoms with E-state index in [1.807, 2.05) is 98.8 Å². The first-order valence-electron chi connectivity index (χ1n) is 11.4. The molecule has 3 aromatic carbocycles. The summed E-state index contributed by atoms with van der Waals surface area (Å²) in [7, 11) is 0. The molecule has 0 saturated heterocycles. The van der Waals surface area contributed by atoms with Crippen LogP contribution in [0.3, 0.4) is 0 Å². The predicted octanol–water partition coefficient (Wildman–Crippen LogP) is 5.25. The predicted molar refractivity (Wildman–Crippen MR) is 136 cm³/mol. The van der Waals surface area contributed by atoms with Gasteiger partial charge in [-0.15, -0.1) is 11.8 Å². The lowest BCUT2D eigenvalue weighted by Gasteiger charge is -2.31. The number of thioether (sulfide) groups is 1. The van der Waals surface area contributed by atoms with Gasteiger partial charge in [0.05, 0.1) is 5.75 Å². The fraction of sp³-hybridized carbons (Fsp3) is 0.286. The minimum absolute atomic E-state index is 0.0444. The van der Waals surface area contributed by atoms with Crippen molar-refractivity contribution in [3.05, 3.63) is 102 Å². The van der Waals surface area contributed by atoms with E-state index >= 15 is 0 Å². The number of benzene rings is 3. The zero-order valence-corrected chi connectivity index (χ0v) is 20.2. The Bertz CT molecular complexity index is 1010. The van der Waals surface area contributed by atoms with Gasteiger partial charge in [-0.3, -0.25) is 9.59 Å². The Morgan fingerprint density at radius 1 is 0.879 bits per heavy atom. The van der Waals surface area contributed by atoms with Gasteiger partial charge in [-0.1, -0.05) is 85.3 Å². The number of rotatable bonds is 11. The van der Waals surface area contributed by atoms with E-state index in [0.29, 0.717) is 19.5 Å². The Hall–Kier alpha value is -3.05. The summed E-state index contributed by atoms with van der Waals surface area (Å²) in [6.45, 7) is 5.06. The van der Waals surface area contributed by atoms with Gasteiger partial charge in [-0.2, -0.15) is 0 Å². The van der Waals surface area contributed by atoms with Crippen molar-refractivity contribution < 1.29 is 9.59 Å². The number of aryl methyl sites for hydroxylation is 1. The molecule has 1 N–H and O–H groups in total. The molecule has 0 fully saturated rings. The molecule has 4 nitrogen and oxygen atoms in total. The molecule has 3 rings (SSSR count). The minimum atomic E-state index is -0.578. The average molecular weight is 461 g/mol. The van der Waals surface area contributed by atoms with Crippen molar-refractivity contribution in [3.63, 3.8) is 0 Å². The molecule has 0 saturated carbocycles. The van der Waals surface area contributed by atoms with Crippen molar-refractivity contribution in [2.45, 2.75) is 44.2 Å². The Morgan fingerprint density at radius 2 is 1.48 bits per heavy atom. The smallest absolute Gasteiger partial charge is 0.243 e. The fourth-order valence-corrected chi connectivity index (χ4v) is 4.35. The first kappa shape index (κ1) is 24.6. The van der Waals surface area contributed by atoms with Crippen LogP contribution in [-0.4, -0.2) is 35.1 Å². The molecule has 33 heavy (non-hydrogen) atoms. The highest BCUT2D eigenvalue weighted by Gasteiger charge is 2.30. The van der Waals surface area contributed by atoms with Crippen LogP contribution in [0.2, 0.25) is 0 Å². The van der Waals surface area contributed by atoms with Crippen molar-refractivity contribution >= 4 is 23.6 Å². The standard InChI is InChI=1S/C28H32N2O2S/c1-3-18-29-28(32)26(19-23-10-6-4-7-11-23)30(20-24-12-8-5-9-13-24)27(31)21-33-25-16-14-22(2)15-17-25/h4-17,26H,3,18-21H2,1-2H3,(H,29,32). The monoisotopic (exact) mass is 460 g/mol. The molecule has 1 atom stereocenters. The minimum Gasteiger partial charge on any atom is -0.354 e. The summed E-state index contributed by atoms with van der Waals surface area (Å²) in [5.41, 5.74) is 3.23.